The molecule has 0 bridgehead atoms. The van der Waals surface area contributed by atoms with Gasteiger partial charge in [0.1, 0.15) is 5.75 Å². The molecule has 0 radical (unpaired) electrons. The van der Waals surface area contributed by atoms with E-state index in [0.29, 0.717) is 12.3 Å². The summed E-state index contributed by atoms with van der Waals surface area (Å²) in [5.74, 6) is 0.505. The van der Waals surface area contributed by atoms with E-state index in [9.17, 15) is 9.59 Å². The Morgan fingerprint density at radius 1 is 1.28 bits per heavy atom. The van der Waals surface area contributed by atoms with Gasteiger partial charge in [0.2, 0.25) is 5.95 Å². The molecule has 0 aliphatic heterocycles. The van der Waals surface area contributed by atoms with Gasteiger partial charge in [0, 0.05) is 6.54 Å². The van der Waals surface area contributed by atoms with Crippen LogP contribution in [-0.2, 0) is 4.79 Å². The molecule has 0 saturated carbocycles. The number of benzene rings is 1. The fourth-order valence-electron chi connectivity index (χ4n) is 2.36. The lowest BCUT2D eigenvalue weighted by Gasteiger charge is -2.21. The number of carbonyl (C=O) groups is 1. The minimum absolute atomic E-state index is 0.143. The van der Waals surface area contributed by atoms with Gasteiger partial charge in [-0.15, -0.1) is 0 Å². The quantitative estimate of drug-likeness (QED) is 0.682. The Morgan fingerprint density at radius 3 is 2.84 bits per heavy atom. The molecule has 0 saturated heterocycles. The molecule has 0 aliphatic rings. The molecule has 2 N–H and O–H groups in total. The number of hydrogen-bond donors (Lipinski definition) is 2. The molecule has 8 nitrogen and oxygen atoms in total. The number of anilines is 1. The average Bonchev–Trinajstić information content (AvgIpc) is 3.10. The molecule has 2 aromatic heterocycles. The van der Waals surface area contributed by atoms with Crippen LogP contribution in [0.4, 0.5) is 5.95 Å². The number of carbonyl (C=O) groups excluding carboxylic acids is 1. The van der Waals surface area contributed by atoms with Crippen molar-refractivity contribution in [1.29, 1.82) is 0 Å². The zero-order valence-electron chi connectivity index (χ0n) is 13.9. The first-order valence-corrected chi connectivity index (χ1v) is 8.10. The van der Waals surface area contributed by atoms with Crippen molar-refractivity contribution in [2.45, 2.75) is 19.8 Å². The van der Waals surface area contributed by atoms with E-state index in [2.05, 4.69) is 19.9 Å². The topological polar surface area (TPSA) is 104 Å². The van der Waals surface area contributed by atoms with E-state index >= 15 is 0 Å². The molecule has 8 heteroatoms. The predicted molar refractivity (Wildman–Crippen MR) is 93.7 cm³/mol. The van der Waals surface area contributed by atoms with Crippen molar-refractivity contribution < 1.29 is 9.53 Å². The zero-order chi connectivity index (χ0) is 17.6. The Balaban J connectivity index is 1.82. The van der Waals surface area contributed by atoms with Crippen LogP contribution >= 0.6 is 0 Å². The van der Waals surface area contributed by atoms with Gasteiger partial charge in [-0.3, -0.25) is 19.5 Å². The highest BCUT2D eigenvalue weighted by Gasteiger charge is 2.20. The molecule has 130 valence electrons. The van der Waals surface area contributed by atoms with Crippen LogP contribution in [0.15, 0.2) is 41.5 Å². The van der Waals surface area contributed by atoms with Crippen molar-refractivity contribution >= 4 is 23.0 Å². The van der Waals surface area contributed by atoms with Gasteiger partial charge < -0.3 is 9.72 Å². The van der Waals surface area contributed by atoms with E-state index in [0.717, 1.165) is 12.8 Å². The Hall–Kier alpha value is -3.16. The van der Waals surface area contributed by atoms with E-state index in [-0.39, 0.29) is 35.2 Å². The van der Waals surface area contributed by atoms with Crippen molar-refractivity contribution in [2.75, 3.05) is 18.1 Å². The number of para-hydroxylation sites is 1. The first-order valence-electron chi connectivity index (χ1n) is 8.10. The summed E-state index contributed by atoms with van der Waals surface area (Å²) in [6, 6.07) is 9.09. The summed E-state index contributed by atoms with van der Waals surface area (Å²) >= 11 is 0. The van der Waals surface area contributed by atoms with Crippen molar-refractivity contribution in [3.63, 3.8) is 0 Å². The molecule has 0 aliphatic carbocycles. The van der Waals surface area contributed by atoms with Gasteiger partial charge in [0.15, 0.2) is 17.8 Å². The SMILES string of the molecule is CCCCN(C(=O)COc1ccccc1)c1nc2nc[nH]c2c(=O)[nH]1. The van der Waals surface area contributed by atoms with Crippen molar-refractivity contribution in [3.8, 4) is 5.75 Å². The van der Waals surface area contributed by atoms with Crippen molar-refractivity contribution in [3.05, 3.63) is 47.0 Å². The maximum atomic E-state index is 12.6. The lowest BCUT2D eigenvalue weighted by molar-refractivity contribution is -0.120. The molecule has 0 fully saturated rings. The molecular formula is C17H19N5O3. The van der Waals surface area contributed by atoms with Crippen LogP contribution in [-0.4, -0.2) is 39.0 Å². The Kier molecular flexibility index (Phi) is 5.08. The maximum absolute atomic E-state index is 12.6. The van der Waals surface area contributed by atoms with Gasteiger partial charge in [-0.2, -0.15) is 4.98 Å². The molecule has 3 aromatic rings. The van der Waals surface area contributed by atoms with E-state index in [1.54, 1.807) is 12.1 Å². The molecule has 3 rings (SSSR count). The maximum Gasteiger partial charge on any atom is 0.278 e. The normalized spacial score (nSPS) is 10.8. The minimum atomic E-state index is -0.365. The fraction of sp³-hybridized carbons (Fsp3) is 0.294. The van der Waals surface area contributed by atoms with Crippen LogP contribution in [0.3, 0.4) is 0 Å². The lowest BCUT2D eigenvalue weighted by Crippen LogP contribution is -2.38. The molecule has 1 amide bonds. The molecule has 0 atom stereocenters. The van der Waals surface area contributed by atoms with E-state index in [1.165, 1.54) is 11.2 Å². The van der Waals surface area contributed by atoms with E-state index in [4.69, 9.17) is 4.74 Å². The van der Waals surface area contributed by atoms with Gasteiger partial charge in [0.05, 0.1) is 6.33 Å². The lowest BCUT2D eigenvalue weighted by atomic mass is 10.3. The first-order chi connectivity index (χ1) is 12.2. The third kappa shape index (κ3) is 3.85. The van der Waals surface area contributed by atoms with Crippen LogP contribution in [0.5, 0.6) is 5.75 Å². The highest BCUT2D eigenvalue weighted by molar-refractivity contribution is 5.93. The summed E-state index contributed by atoms with van der Waals surface area (Å²) in [5.41, 5.74) is 0.194. The standard InChI is InChI=1S/C17H19N5O3/c1-2-3-9-22(13(23)10-25-12-7-5-4-6-8-12)17-20-15-14(16(24)21-17)18-11-19-15/h4-8,11H,2-3,9-10H2,1H3,(H2,18,19,20,21,24). The second-order valence-corrected chi connectivity index (χ2v) is 5.49. The third-order valence-corrected chi connectivity index (χ3v) is 3.68. The smallest absolute Gasteiger partial charge is 0.278 e. The Labute approximate surface area is 143 Å². The van der Waals surface area contributed by atoms with Gasteiger partial charge in [-0.05, 0) is 18.6 Å². The number of amides is 1. The monoisotopic (exact) mass is 341 g/mol. The summed E-state index contributed by atoms with van der Waals surface area (Å²) < 4.78 is 5.52. The number of rotatable bonds is 7. The van der Waals surface area contributed by atoms with Crippen molar-refractivity contribution in [1.82, 2.24) is 19.9 Å². The molecule has 1 aromatic carbocycles. The van der Waals surface area contributed by atoms with Crippen LogP contribution in [0.2, 0.25) is 0 Å². The second-order valence-electron chi connectivity index (χ2n) is 5.49. The number of unbranched alkanes of at least 4 members (excludes halogenated alkanes) is 1. The van der Waals surface area contributed by atoms with Gasteiger partial charge in [-0.1, -0.05) is 31.5 Å². The highest BCUT2D eigenvalue weighted by Crippen LogP contribution is 2.12. The average molecular weight is 341 g/mol. The highest BCUT2D eigenvalue weighted by atomic mass is 16.5. The largest absolute Gasteiger partial charge is 0.484 e. The zero-order valence-corrected chi connectivity index (χ0v) is 13.9. The number of fused-ring (bicyclic) bond motifs is 1. The van der Waals surface area contributed by atoms with Crippen LogP contribution in [0, 0.1) is 0 Å². The van der Waals surface area contributed by atoms with Gasteiger partial charge >= 0.3 is 0 Å². The predicted octanol–water partition coefficient (Wildman–Crippen LogP) is 1.86. The molecular weight excluding hydrogens is 322 g/mol. The van der Waals surface area contributed by atoms with Gasteiger partial charge in [0.25, 0.3) is 11.5 Å². The fourth-order valence-corrected chi connectivity index (χ4v) is 2.36. The summed E-state index contributed by atoms with van der Waals surface area (Å²) in [6.45, 7) is 2.32. The number of ether oxygens (including phenoxy) is 1. The molecule has 25 heavy (non-hydrogen) atoms. The Bertz CT molecular complexity index is 903. The van der Waals surface area contributed by atoms with E-state index in [1.807, 2.05) is 25.1 Å². The summed E-state index contributed by atoms with van der Waals surface area (Å²) in [6.07, 6.45) is 3.07. The number of nitrogens with one attached hydrogen (secondary N) is 2. The number of H-pyrrole nitrogens is 2. The number of imidazole rings is 1. The Morgan fingerprint density at radius 2 is 2.08 bits per heavy atom. The summed E-state index contributed by atoms with van der Waals surface area (Å²) in [5, 5.41) is 0. The minimum Gasteiger partial charge on any atom is -0.484 e. The first kappa shape index (κ1) is 16.7. The number of nitrogens with zero attached hydrogens (tertiary/aromatic N) is 3. The van der Waals surface area contributed by atoms with Crippen LogP contribution < -0.4 is 15.2 Å². The summed E-state index contributed by atoms with van der Waals surface area (Å²) in [7, 11) is 0. The van der Waals surface area contributed by atoms with Crippen LogP contribution in [0.1, 0.15) is 19.8 Å². The molecule has 0 spiro atoms. The number of aromatic amines is 2. The summed E-state index contributed by atoms with van der Waals surface area (Å²) in [4.78, 5) is 39.8. The number of aromatic nitrogens is 4. The molecule has 2 heterocycles. The van der Waals surface area contributed by atoms with Crippen LogP contribution in [0.25, 0.3) is 11.2 Å². The van der Waals surface area contributed by atoms with Gasteiger partial charge in [-0.25, -0.2) is 4.98 Å². The second kappa shape index (κ2) is 7.61. The van der Waals surface area contributed by atoms with Crippen molar-refractivity contribution in [2.24, 2.45) is 0 Å². The molecule has 0 unspecified atom stereocenters. The van der Waals surface area contributed by atoms with E-state index < -0.39 is 0 Å². The third-order valence-electron chi connectivity index (χ3n) is 3.68. The number of hydrogen-bond acceptors (Lipinski definition) is 5.